The minimum Gasteiger partial charge on any atom is -0.505 e. The fourth-order valence-electron chi connectivity index (χ4n) is 7.06. The molecule has 8 aromatic carbocycles. The van der Waals surface area contributed by atoms with Crippen LogP contribution in [0.15, 0.2) is 166 Å². The molecule has 306 valence electrons. The molecule has 0 saturated carbocycles. The van der Waals surface area contributed by atoms with Crippen LogP contribution in [0.3, 0.4) is 0 Å². The minimum atomic E-state index is -0.521. The monoisotopic (exact) mass is 856 g/mol. The molecule has 4 N–H and O–H groups in total. The molecule has 0 heterocycles. The van der Waals surface area contributed by atoms with Gasteiger partial charge in [-0.3, -0.25) is 9.59 Å². The molecule has 0 aliphatic carbocycles. The van der Waals surface area contributed by atoms with Crippen molar-refractivity contribution in [2.45, 2.75) is 26.7 Å². The number of amides is 2. The number of phenolic OH excluding ortho intramolecular Hbond substituents is 2. The van der Waals surface area contributed by atoms with E-state index in [-0.39, 0.29) is 34.0 Å². The summed E-state index contributed by atoms with van der Waals surface area (Å²) in [6, 6.07) is 43.1. The molecule has 0 aromatic heterocycles. The molecule has 12 heteroatoms. The Morgan fingerprint density at radius 1 is 0.500 bits per heavy atom. The number of phenols is 2. The highest BCUT2D eigenvalue weighted by atomic mass is 35.5. The topological polar surface area (TPSA) is 148 Å². The zero-order chi connectivity index (χ0) is 43.3. The average Bonchev–Trinajstić information content (AvgIpc) is 3.28. The lowest BCUT2D eigenvalue weighted by atomic mass is 10.0. The number of hydrogen-bond donors (Lipinski definition) is 4. The number of rotatable bonds is 11. The number of carbonyl (C=O) groups excluding carboxylic acids is 2. The van der Waals surface area contributed by atoms with Crippen molar-refractivity contribution < 1.29 is 19.8 Å². The molecule has 8 aromatic rings. The number of azo groups is 2. The summed E-state index contributed by atoms with van der Waals surface area (Å²) in [5, 5.41) is 49.7. The van der Waals surface area contributed by atoms with Gasteiger partial charge in [-0.15, -0.1) is 10.2 Å². The third-order valence-corrected chi connectivity index (χ3v) is 11.2. The van der Waals surface area contributed by atoms with Crippen molar-refractivity contribution in [3.05, 3.63) is 178 Å². The maximum atomic E-state index is 13.6. The molecule has 8 rings (SSSR count). The molecule has 0 radical (unpaired) electrons. The zero-order valence-corrected chi connectivity index (χ0v) is 35.0. The molecular formula is C50H38Cl2N6O4. The number of halogens is 2. The number of nitrogens with zero attached hydrogens (tertiary/aromatic N) is 4. The van der Waals surface area contributed by atoms with Gasteiger partial charge in [0, 0.05) is 32.2 Å². The predicted octanol–water partition coefficient (Wildman–Crippen LogP) is 14.8. The number of aryl methyl sites for hydroxylation is 2. The molecular weight excluding hydrogens is 819 g/mol. The summed E-state index contributed by atoms with van der Waals surface area (Å²) < 4.78 is 0. The molecule has 0 atom stereocenters. The van der Waals surface area contributed by atoms with Gasteiger partial charge in [0.2, 0.25) is 0 Å². The molecule has 2 amide bonds. The maximum absolute atomic E-state index is 13.6. The summed E-state index contributed by atoms with van der Waals surface area (Å²) in [6.07, 6.45) is 1.56. The van der Waals surface area contributed by atoms with Crippen molar-refractivity contribution in [2.24, 2.45) is 20.5 Å². The van der Waals surface area contributed by atoms with Crippen molar-refractivity contribution >= 4 is 90.7 Å². The van der Waals surface area contributed by atoms with E-state index in [1.54, 1.807) is 60.7 Å². The largest absolute Gasteiger partial charge is 0.505 e. The van der Waals surface area contributed by atoms with Crippen molar-refractivity contribution in [1.29, 1.82) is 0 Å². The van der Waals surface area contributed by atoms with Crippen LogP contribution in [0, 0.1) is 0 Å². The Morgan fingerprint density at radius 2 is 0.887 bits per heavy atom. The Labute approximate surface area is 367 Å². The minimum absolute atomic E-state index is 0.0411. The highest BCUT2D eigenvalue weighted by molar-refractivity contribution is 6.32. The molecule has 0 saturated heterocycles. The number of nitrogens with one attached hydrogen (secondary N) is 2. The third-order valence-electron chi connectivity index (χ3n) is 10.5. The normalized spacial score (nSPS) is 11.5. The number of anilines is 2. The lowest BCUT2D eigenvalue weighted by Gasteiger charge is -2.12. The van der Waals surface area contributed by atoms with E-state index in [0.29, 0.717) is 54.3 Å². The quantitative estimate of drug-likeness (QED) is 0.0958. The molecule has 0 bridgehead atoms. The Morgan fingerprint density at radius 3 is 1.26 bits per heavy atom. The Kier molecular flexibility index (Phi) is 12.0. The van der Waals surface area contributed by atoms with Gasteiger partial charge in [-0.05, 0) is 107 Å². The summed E-state index contributed by atoms with van der Waals surface area (Å²) in [6.45, 7) is 4.03. The van der Waals surface area contributed by atoms with Gasteiger partial charge in [0.25, 0.3) is 11.8 Å². The molecule has 0 spiro atoms. The van der Waals surface area contributed by atoms with E-state index in [1.807, 2.05) is 98.8 Å². The zero-order valence-electron chi connectivity index (χ0n) is 33.5. The van der Waals surface area contributed by atoms with Gasteiger partial charge >= 0.3 is 0 Å². The SMILES string of the molecule is CCc1ccc(N=Nc2c(O)c(C(=O)Nc3ccc(-c4ccc(NC(=O)c5cc6ccccc6c(N=Nc6ccc(CC)c(Cl)c6)c5O)cc4)cc3)cc3ccccc23)cc1Cl. The number of fused-ring (bicyclic) bond motifs is 2. The van der Waals surface area contributed by atoms with Gasteiger partial charge in [-0.2, -0.15) is 10.2 Å². The number of aromatic hydroxyl groups is 2. The van der Waals surface area contributed by atoms with E-state index in [0.717, 1.165) is 35.1 Å². The van der Waals surface area contributed by atoms with Crippen LogP contribution >= 0.6 is 23.2 Å². The van der Waals surface area contributed by atoms with Crippen LogP contribution in [0.25, 0.3) is 32.7 Å². The first kappa shape index (κ1) is 41.3. The number of hydrogen-bond acceptors (Lipinski definition) is 8. The van der Waals surface area contributed by atoms with Gasteiger partial charge in [-0.25, -0.2) is 0 Å². The molecule has 0 aliphatic heterocycles. The van der Waals surface area contributed by atoms with Crippen LogP contribution in [0.2, 0.25) is 10.0 Å². The van der Waals surface area contributed by atoms with Gasteiger partial charge in [0.05, 0.1) is 22.5 Å². The number of carbonyl (C=O) groups is 2. The van der Waals surface area contributed by atoms with Crippen LogP contribution < -0.4 is 10.6 Å². The van der Waals surface area contributed by atoms with Crippen LogP contribution in [-0.2, 0) is 12.8 Å². The van der Waals surface area contributed by atoms with Gasteiger partial charge in [0.15, 0.2) is 11.5 Å². The molecule has 10 nitrogen and oxygen atoms in total. The molecule has 62 heavy (non-hydrogen) atoms. The van der Waals surface area contributed by atoms with Gasteiger partial charge in [0.1, 0.15) is 11.4 Å². The second kappa shape index (κ2) is 18.1. The van der Waals surface area contributed by atoms with Crippen LogP contribution in [0.1, 0.15) is 45.7 Å². The summed E-state index contributed by atoms with van der Waals surface area (Å²) in [5.74, 6) is -1.64. The van der Waals surface area contributed by atoms with Crippen molar-refractivity contribution in [1.82, 2.24) is 0 Å². The Bertz CT molecular complexity index is 2870. The summed E-state index contributed by atoms with van der Waals surface area (Å²) in [5.41, 5.74) is 6.16. The standard InChI is InChI=1S/C50H38Cl2N6O4/c1-3-29-13-23-37(27-43(29)51)55-57-45-39-11-7-5-9-33(39)25-41(47(45)59)49(61)53-35-19-15-31(16-20-35)32-17-21-36(22-18-32)54-50(62)42-26-34-10-6-8-12-40(34)46(48(42)60)58-56-38-24-14-30(4-2)44(52)28-38/h5-28,59-60H,3-4H2,1-2H3,(H,53,61)(H,54,62). The van der Waals surface area contributed by atoms with Crippen molar-refractivity contribution in [2.75, 3.05) is 10.6 Å². The van der Waals surface area contributed by atoms with E-state index in [4.69, 9.17) is 23.2 Å². The van der Waals surface area contributed by atoms with Crippen LogP contribution in [0.5, 0.6) is 11.5 Å². The second-order valence-corrected chi connectivity index (χ2v) is 15.2. The van der Waals surface area contributed by atoms with Gasteiger partial charge in [-0.1, -0.05) is 122 Å². The van der Waals surface area contributed by atoms with Crippen molar-refractivity contribution in [3.8, 4) is 22.6 Å². The summed E-state index contributed by atoms with van der Waals surface area (Å²) >= 11 is 12.8. The smallest absolute Gasteiger partial charge is 0.259 e. The first-order valence-electron chi connectivity index (χ1n) is 19.8. The highest BCUT2D eigenvalue weighted by Gasteiger charge is 2.21. The molecule has 0 unspecified atom stereocenters. The van der Waals surface area contributed by atoms with E-state index in [1.165, 1.54) is 0 Å². The van der Waals surface area contributed by atoms with Crippen LogP contribution in [0.4, 0.5) is 34.1 Å². The maximum Gasteiger partial charge on any atom is 0.259 e. The molecule has 0 aliphatic rings. The Balaban J connectivity index is 0.968. The highest BCUT2D eigenvalue weighted by Crippen LogP contribution is 2.42. The first-order chi connectivity index (χ1) is 30.1. The number of benzene rings is 8. The summed E-state index contributed by atoms with van der Waals surface area (Å²) in [7, 11) is 0. The Hall–Kier alpha value is -7.40. The van der Waals surface area contributed by atoms with Crippen molar-refractivity contribution in [3.63, 3.8) is 0 Å². The summed E-state index contributed by atoms with van der Waals surface area (Å²) in [4.78, 5) is 27.2. The first-order valence-corrected chi connectivity index (χ1v) is 20.6. The van der Waals surface area contributed by atoms with Crippen LogP contribution in [-0.4, -0.2) is 22.0 Å². The molecule has 0 fully saturated rings. The lowest BCUT2D eigenvalue weighted by molar-refractivity contribution is 0.101. The predicted molar refractivity (Wildman–Crippen MR) is 249 cm³/mol. The second-order valence-electron chi connectivity index (χ2n) is 14.4. The fourth-order valence-corrected chi connectivity index (χ4v) is 7.68. The van der Waals surface area contributed by atoms with E-state index in [2.05, 4.69) is 31.1 Å². The third kappa shape index (κ3) is 8.74. The van der Waals surface area contributed by atoms with E-state index in [9.17, 15) is 19.8 Å². The fraction of sp³-hybridized carbons (Fsp3) is 0.0800. The van der Waals surface area contributed by atoms with E-state index >= 15 is 0 Å². The van der Waals surface area contributed by atoms with Gasteiger partial charge < -0.3 is 20.8 Å². The average molecular weight is 858 g/mol. The lowest BCUT2D eigenvalue weighted by Crippen LogP contribution is -2.12. The van der Waals surface area contributed by atoms with E-state index < -0.39 is 11.8 Å².